The van der Waals surface area contributed by atoms with Crippen LogP contribution in [0.15, 0.2) is 36.4 Å². The first-order valence-corrected chi connectivity index (χ1v) is 8.85. The van der Waals surface area contributed by atoms with Crippen molar-refractivity contribution in [3.63, 3.8) is 0 Å². The fourth-order valence-corrected chi connectivity index (χ4v) is 3.69. The minimum atomic E-state index is 0.507. The highest BCUT2D eigenvalue weighted by atomic mass is 16.5. The second-order valence-electron chi connectivity index (χ2n) is 6.35. The molecule has 2 aromatic carbocycles. The van der Waals surface area contributed by atoms with Crippen LogP contribution in [0, 0.1) is 0 Å². The van der Waals surface area contributed by atoms with Crippen molar-refractivity contribution in [2.75, 3.05) is 33.3 Å². The maximum atomic E-state index is 5.57. The summed E-state index contributed by atoms with van der Waals surface area (Å²) in [5, 5.41) is 6.04. The van der Waals surface area contributed by atoms with Gasteiger partial charge in [0.2, 0.25) is 0 Å². The summed E-state index contributed by atoms with van der Waals surface area (Å²) in [7, 11) is 1.76. The van der Waals surface area contributed by atoms with Gasteiger partial charge >= 0.3 is 0 Å². The molecule has 2 aromatic rings. The van der Waals surface area contributed by atoms with Gasteiger partial charge in [0.05, 0.1) is 7.11 Å². The van der Waals surface area contributed by atoms with Crippen LogP contribution >= 0.6 is 0 Å². The Hall–Kier alpha value is -1.58. The van der Waals surface area contributed by atoms with Gasteiger partial charge in [-0.05, 0) is 23.4 Å². The molecular weight excluding hydrogens is 284 g/mol. The molecule has 1 saturated heterocycles. The first-order chi connectivity index (χ1) is 11.3. The van der Waals surface area contributed by atoms with Crippen molar-refractivity contribution in [2.24, 2.45) is 0 Å². The summed E-state index contributed by atoms with van der Waals surface area (Å²) in [6, 6.07) is 13.6. The van der Waals surface area contributed by atoms with Crippen molar-refractivity contribution in [1.29, 1.82) is 0 Å². The van der Waals surface area contributed by atoms with E-state index < -0.39 is 0 Å². The monoisotopic (exact) mass is 312 g/mol. The third kappa shape index (κ3) is 3.51. The zero-order valence-corrected chi connectivity index (χ0v) is 14.3. The second-order valence-corrected chi connectivity index (χ2v) is 6.35. The summed E-state index contributed by atoms with van der Waals surface area (Å²) in [5.41, 5.74) is 1.46. The van der Waals surface area contributed by atoms with Crippen LogP contribution < -0.4 is 10.1 Å². The van der Waals surface area contributed by atoms with Gasteiger partial charge in [0.15, 0.2) is 0 Å². The van der Waals surface area contributed by atoms with E-state index in [2.05, 4.69) is 53.5 Å². The molecular formula is C20H28N2O. The Morgan fingerprint density at radius 3 is 2.52 bits per heavy atom. The molecule has 3 rings (SSSR count). The van der Waals surface area contributed by atoms with Crippen LogP contribution in [-0.4, -0.2) is 38.2 Å². The van der Waals surface area contributed by atoms with Crippen molar-refractivity contribution in [2.45, 2.75) is 32.2 Å². The summed E-state index contributed by atoms with van der Waals surface area (Å²) in [4.78, 5) is 2.65. The number of nitrogens with zero attached hydrogens (tertiary/aromatic N) is 1. The third-order valence-electron chi connectivity index (χ3n) is 4.92. The largest absolute Gasteiger partial charge is 0.496 e. The van der Waals surface area contributed by atoms with Crippen LogP contribution in [0.3, 0.4) is 0 Å². The molecule has 0 aromatic heterocycles. The lowest BCUT2D eigenvalue weighted by atomic mass is 9.93. The van der Waals surface area contributed by atoms with Gasteiger partial charge < -0.3 is 10.1 Å². The summed E-state index contributed by atoms with van der Waals surface area (Å²) in [6.07, 6.45) is 3.75. The molecule has 0 bridgehead atoms. The number of benzene rings is 2. The molecule has 0 unspecified atom stereocenters. The van der Waals surface area contributed by atoms with E-state index in [1.54, 1.807) is 7.11 Å². The first kappa shape index (κ1) is 16.3. The molecule has 1 N–H and O–H groups in total. The van der Waals surface area contributed by atoms with Crippen molar-refractivity contribution in [3.05, 3.63) is 42.0 Å². The molecule has 0 amide bonds. The zero-order chi connectivity index (χ0) is 16.1. The Morgan fingerprint density at radius 1 is 1.09 bits per heavy atom. The number of unbranched alkanes of at least 4 members (excludes halogenated alkanes) is 1. The maximum Gasteiger partial charge on any atom is 0.126 e. The zero-order valence-electron chi connectivity index (χ0n) is 14.3. The van der Waals surface area contributed by atoms with E-state index in [4.69, 9.17) is 4.74 Å². The van der Waals surface area contributed by atoms with Crippen molar-refractivity contribution < 1.29 is 4.74 Å². The average Bonchev–Trinajstić information content (AvgIpc) is 2.63. The predicted octanol–water partition coefficient (Wildman–Crippen LogP) is 3.98. The number of rotatable bonds is 6. The van der Waals surface area contributed by atoms with Crippen LogP contribution in [0.25, 0.3) is 10.8 Å². The van der Waals surface area contributed by atoms with E-state index in [9.17, 15) is 0 Å². The van der Waals surface area contributed by atoms with Crippen molar-refractivity contribution in [1.82, 2.24) is 10.2 Å². The van der Waals surface area contributed by atoms with Crippen molar-refractivity contribution in [3.8, 4) is 5.75 Å². The van der Waals surface area contributed by atoms with E-state index in [0.29, 0.717) is 6.04 Å². The highest BCUT2D eigenvalue weighted by Crippen LogP contribution is 2.36. The minimum Gasteiger partial charge on any atom is -0.496 e. The Kier molecular flexibility index (Phi) is 5.52. The Labute approximate surface area is 139 Å². The fraction of sp³-hybridized carbons (Fsp3) is 0.500. The van der Waals surface area contributed by atoms with Crippen LogP contribution in [-0.2, 0) is 0 Å². The second kappa shape index (κ2) is 7.80. The van der Waals surface area contributed by atoms with Gasteiger partial charge in [0, 0.05) is 37.6 Å². The summed E-state index contributed by atoms with van der Waals surface area (Å²) in [6.45, 7) is 6.73. The molecule has 1 heterocycles. The van der Waals surface area contributed by atoms with Gasteiger partial charge in [-0.1, -0.05) is 50.1 Å². The van der Waals surface area contributed by atoms with E-state index in [1.807, 2.05) is 0 Å². The molecule has 0 radical (unpaired) electrons. The van der Waals surface area contributed by atoms with Crippen LogP contribution in [0.2, 0.25) is 0 Å². The van der Waals surface area contributed by atoms with Gasteiger partial charge in [-0.15, -0.1) is 0 Å². The lowest BCUT2D eigenvalue weighted by molar-refractivity contribution is 0.164. The molecule has 0 spiro atoms. The molecule has 3 heteroatoms. The van der Waals surface area contributed by atoms with E-state index >= 15 is 0 Å². The van der Waals surface area contributed by atoms with Crippen LogP contribution in [0.4, 0.5) is 0 Å². The van der Waals surface area contributed by atoms with Gasteiger partial charge in [-0.25, -0.2) is 0 Å². The molecule has 3 nitrogen and oxygen atoms in total. The average molecular weight is 312 g/mol. The standard InChI is InChI=1S/C20H28N2O/c1-3-4-9-19(22-14-12-21-13-15-22)17-10-11-20(23-2)18-8-6-5-7-16(17)18/h5-8,10-11,19,21H,3-4,9,12-15H2,1-2H3/t19-/m1/s1. The fourth-order valence-electron chi connectivity index (χ4n) is 3.69. The highest BCUT2D eigenvalue weighted by Gasteiger charge is 2.23. The molecule has 23 heavy (non-hydrogen) atoms. The van der Waals surface area contributed by atoms with Gasteiger partial charge in [0.1, 0.15) is 5.75 Å². The highest BCUT2D eigenvalue weighted by molar-refractivity contribution is 5.91. The normalized spacial score (nSPS) is 17.3. The number of nitrogens with one attached hydrogen (secondary N) is 1. The SMILES string of the molecule is CCCC[C@H](c1ccc(OC)c2ccccc12)N1CCNCC1. The molecule has 1 fully saturated rings. The molecule has 0 saturated carbocycles. The summed E-state index contributed by atoms with van der Waals surface area (Å²) >= 11 is 0. The number of fused-ring (bicyclic) bond motifs is 1. The van der Waals surface area contributed by atoms with Gasteiger partial charge in [-0.3, -0.25) is 4.90 Å². The van der Waals surface area contributed by atoms with Crippen LogP contribution in [0.5, 0.6) is 5.75 Å². The van der Waals surface area contributed by atoms with E-state index in [-0.39, 0.29) is 0 Å². The number of ether oxygens (including phenoxy) is 1. The minimum absolute atomic E-state index is 0.507. The topological polar surface area (TPSA) is 24.5 Å². The number of hydrogen-bond acceptors (Lipinski definition) is 3. The predicted molar refractivity (Wildman–Crippen MR) is 97.2 cm³/mol. The van der Waals surface area contributed by atoms with Gasteiger partial charge in [0.25, 0.3) is 0 Å². The number of piperazine rings is 1. The molecule has 1 aliphatic rings. The molecule has 124 valence electrons. The van der Waals surface area contributed by atoms with Crippen molar-refractivity contribution >= 4 is 10.8 Å². The smallest absolute Gasteiger partial charge is 0.126 e. The lowest BCUT2D eigenvalue weighted by Gasteiger charge is -2.36. The quantitative estimate of drug-likeness (QED) is 0.873. The number of hydrogen-bond donors (Lipinski definition) is 1. The Morgan fingerprint density at radius 2 is 1.83 bits per heavy atom. The maximum absolute atomic E-state index is 5.57. The molecule has 0 aliphatic carbocycles. The summed E-state index contributed by atoms with van der Waals surface area (Å²) < 4.78 is 5.57. The Balaban J connectivity index is 2.02. The van der Waals surface area contributed by atoms with Gasteiger partial charge in [-0.2, -0.15) is 0 Å². The lowest BCUT2D eigenvalue weighted by Crippen LogP contribution is -2.45. The first-order valence-electron chi connectivity index (χ1n) is 8.85. The molecule has 1 aliphatic heterocycles. The Bertz CT molecular complexity index is 635. The van der Waals surface area contributed by atoms with Crippen LogP contribution in [0.1, 0.15) is 37.8 Å². The number of methoxy groups -OCH3 is 1. The van der Waals surface area contributed by atoms with E-state index in [1.165, 1.54) is 35.6 Å². The van der Waals surface area contributed by atoms with E-state index in [0.717, 1.165) is 31.9 Å². The summed E-state index contributed by atoms with van der Waals surface area (Å²) in [5.74, 6) is 0.971. The third-order valence-corrected chi connectivity index (χ3v) is 4.92. The molecule has 1 atom stereocenters.